The molecule has 4 aliphatic carbocycles. The minimum absolute atomic E-state index is 0.0102. The zero-order valence-corrected chi connectivity index (χ0v) is 13.7. The van der Waals surface area contributed by atoms with Crippen molar-refractivity contribution in [3.05, 3.63) is 0 Å². The third-order valence-electron chi connectivity index (χ3n) is 6.10. The smallest absolute Gasteiger partial charge is 0.221 e. The minimum Gasteiger partial charge on any atom is -0.390 e. The Morgan fingerprint density at radius 2 is 1.86 bits per heavy atom. The van der Waals surface area contributed by atoms with Crippen molar-refractivity contribution in [1.29, 1.82) is 0 Å². The van der Waals surface area contributed by atoms with Crippen LogP contribution in [0.4, 0.5) is 0 Å². The van der Waals surface area contributed by atoms with Gasteiger partial charge in [-0.25, -0.2) is 0 Å². The Morgan fingerprint density at radius 1 is 1.23 bits per heavy atom. The molecule has 0 aromatic heterocycles. The van der Waals surface area contributed by atoms with Crippen LogP contribution in [0.25, 0.3) is 0 Å². The number of hydrogen-bond acceptors (Lipinski definition) is 3. The summed E-state index contributed by atoms with van der Waals surface area (Å²) < 4.78 is 0. The van der Waals surface area contributed by atoms with E-state index in [1.165, 1.54) is 13.3 Å². The third kappa shape index (κ3) is 3.00. The van der Waals surface area contributed by atoms with Gasteiger partial charge in [0.15, 0.2) is 0 Å². The number of hydrogen-bond donors (Lipinski definition) is 3. The van der Waals surface area contributed by atoms with Crippen LogP contribution in [0.5, 0.6) is 0 Å². The van der Waals surface area contributed by atoms with Crippen molar-refractivity contribution in [2.45, 2.75) is 70.4 Å². The lowest BCUT2D eigenvalue weighted by Crippen LogP contribution is -2.61. The van der Waals surface area contributed by atoms with Gasteiger partial charge in [-0.3, -0.25) is 9.59 Å². The van der Waals surface area contributed by atoms with Gasteiger partial charge in [-0.1, -0.05) is 0 Å². The van der Waals surface area contributed by atoms with Crippen molar-refractivity contribution < 1.29 is 14.7 Å². The number of carbonyl (C=O) groups is 2. The molecule has 4 bridgehead atoms. The molecule has 2 amide bonds. The van der Waals surface area contributed by atoms with Crippen LogP contribution in [0.3, 0.4) is 0 Å². The van der Waals surface area contributed by atoms with Gasteiger partial charge >= 0.3 is 0 Å². The van der Waals surface area contributed by atoms with Gasteiger partial charge in [0, 0.05) is 25.9 Å². The van der Waals surface area contributed by atoms with Gasteiger partial charge in [0.05, 0.1) is 5.60 Å². The highest BCUT2D eigenvalue weighted by molar-refractivity contribution is 5.78. The van der Waals surface area contributed by atoms with E-state index in [0.29, 0.717) is 24.8 Å². The third-order valence-corrected chi connectivity index (χ3v) is 6.10. The first-order valence-corrected chi connectivity index (χ1v) is 8.56. The lowest BCUT2D eigenvalue weighted by atomic mass is 9.46. The molecular weight excluding hydrogens is 280 g/mol. The van der Waals surface area contributed by atoms with E-state index in [1.807, 2.05) is 0 Å². The van der Waals surface area contributed by atoms with Gasteiger partial charge < -0.3 is 15.7 Å². The molecule has 0 heterocycles. The van der Waals surface area contributed by atoms with E-state index < -0.39 is 5.60 Å². The number of nitrogens with one attached hydrogen (secondary N) is 2. The fourth-order valence-corrected chi connectivity index (χ4v) is 5.61. The molecule has 0 aromatic carbocycles. The van der Waals surface area contributed by atoms with Crippen molar-refractivity contribution in [3.63, 3.8) is 0 Å². The maximum atomic E-state index is 12.1. The lowest BCUT2D eigenvalue weighted by Gasteiger charge is -2.62. The molecule has 0 aromatic rings. The Hall–Kier alpha value is -1.10. The van der Waals surface area contributed by atoms with Crippen molar-refractivity contribution in [3.8, 4) is 0 Å². The Morgan fingerprint density at radius 3 is 2.41 bits per heavy atom. The highest BCUT2D eigenvalue weighted by Crippen LogP contribution is 2.62. The molecule has 3 atom stereocenters. The average Bonchev–Trinajstić information content (AvgIpc) is 2.34. The first-order chi connectivity index (χ1) is 10.3. The second-order valence-corrected chi connectivity index (χ2v) is 8.07. The second-order valence-electron chi connectivity index (χ2n) is 8.07. The molecule has 22 heavy (non-hydrogen) atoms. The first kappa shape index (κ1) is 15.8. The summed E-state index contributed by atoms with van der Waals surface area (Å²) in [4.78, 5) is 22.9. The lowest BCUT2D eigenvalue weighted by molar-refractivity contribution is -0.173. The fourth-order valence-electron chi connectivity index (χ4n) is 5.61. The topological polar surface area (TPSA) is 78.4 Å². The Balaban J connectivity index is 1.59. The maximum absolute atomic E-state index is 12.1. The second kappa shape index (κ2) is 5.52. The summed E-state index contributed by atoms with van der Waals surface area (Å²) in [6, 6.07) is 0.0924. The van der Waals surface area contributed by atoms with Gasteiger partial charge in [-0.05, 0) is 62.7 Å². The molecule has 4 aliphatic rings. The van der Waals surface area contributed by atoms with Crippen LogP contribution in [0.2, 0.25) is 0 Å². The highest BCUT2D eigenvalue weighted by atomic mass is 16.3. The van der Waals surface area contributed by atoms with Gasteiger partial charge in [0.1, 0.15) is 0 Å². The van der Waals surface area contributed by atoms with Crippen LogP contribution in [0, 0.1) is 17.3 Å². The molecule has 0 radical (unpaired) electrons. The Kier molecular flexibility index (Phi) is 3.96. The number of carbonyl (C=O) groups excluding carboxylic acids is 2. The predicted molar refractivity (Wildman–Crippen MR) is 83.0 cm³/mol. The van der Waals surface area contributed by atoms with Crippen molar-refractivity contribution >= 4 is 11.8 Å². The first-order valence-electron chi connectivity index (χ1n) is 8.56. The van der Waals surface area contributed by atoms with Crippen LogP contribution < -0.4 is 10.6 Å². The fraction of sp³-hybridized carbons (Fsp3) is 0.882. The molecule has 124 valence electrons. The van der Waals surface area contributed by atoms with E-state index in [1.54, 1.807) is 0 Å². The summed E-state index contributed by atoms with van der Waals surface area (Å²) in [5.41, 5.74) is -0.415. The molecule has 3 N–H and O–H groups in total. The minimum atomic E-state index is -0.487. The summed E-state index contributed by atoms with van der Waals surface area (Å²) in [6.07, 6.45) is 6.59. The molecule has 4 saturated carbocycles. The van der Waals surface area contributed by atoms with Crippen LogP contribution in [0.1, 0.15) is 58.8 Å². The van der Waals surface area contributed by atoms with Gasteiger partial charge in [0.25, 0.3) is 0 Å². The molecule has 0 aliphatic heterocycles. The zero-order chi connectivity index (χ0) is 16.0. The van der Waals surface area contributed by atoms with Gasteiger partial charge in [-0.2, -0.15) is 0 Å². The molecule has 0 spiro atoms. The average molecular weight is 308 g/mol. The molecule has 3 unspecified atom stereocenters. The van der Waals surface area contributed by atoms with Crippen molar-refractivity contribution in [2.24, 2.45) is 17.3 Å². The summed E-state index contributed by atoms with van der Waals surface area (Å²) in [7, 11) is 0. The van der Waals surface area contributed by atoms with E-state index in [-0.39, 0.29) is 23.3 Å². The molecule has 0 saturated heterocycles. The molecule has 4 rings (SSSR count). The van der Waals surface area contributed by atoms with Crippen LogP contribution in [-0.4, -0.2) is 35.1 Å². The monoisotopic (exact) mass is 308 g/mol. The highest BCUT2D eigenvalue weighted by Gasteiger charge is 2.58. The largest absolute Gasteiger partial charge is 0.390 e. The summed E-state index contributed by atoms with van der Waals surface area (Å²) in [6.45, 7) is 3.93. The predicted octanol–water partition coefficient (Wildman–Crippen LogP) is 1.35. The van der Waals surface area contributed by atoms with E-state index in [9.17, 15) is 14.7 Å². The number of amides is 2. The van der Waals surface area contributed by atoms with E-state index in [0.717, 1.165) is 32.1 Å². The number of aliphatic hydroxyl groups is 1. The summed E-state index contributed by atoms with van der Waals surface area (Å²) >= 11 is 0. The van der Waals surface area contributed by atoms with E-state index in [2.05, 4.69) is 17.6 Å². The molecular formula is C17H28N2O3. The quantitative estimate of drug-likeness (QED) is 0.717. The molecule has 5 heteroatoms. The van der Waals surface area contributed by atoms with Crippen molar-refractivity contribution in [2.75, 3.05) is 6.54 Å². The normalized spacial score (nSPS) is 40.3. The van der Waals surface area contributed by atoms with Crippen LogP contribution in [-0.2, 0) is 9.59 Å². The Labute approximate surface area is 132 Å². The van der Waals surface area contributed by atoms with Crippen LogP contribution >= 0.6 is 0 Å². The van der Waals surface area contributed by atoms with Gasteiger partial charge in [0.2, 0.25) is 11.8 Å². The summed E-state index contributed by atoms with van der Waals surface area (Å²) in [5.74, 6) is 1.14. The SMILES string of the molecule is CC(=O)NCCC(=O)NC(C)C12CC3CC(CC(O)(C3)C1)C2. The summed E-state index contributed by atoms with van der Waals surface area (Å²) in [5, 5.41) is 16.6. The Bertz CT molecular complexity index is 463. The molecule has 4 fully saturated rings. The van der Waals surface area contributed by atoms with E-state index >= 15 is 0 Å². The molecule has 5 nitrogen and oxygen atoms in total. The van der Waals surface area contributed by atoms with Gasteiger partial charge in [-0.15, -0.1) is 0 Å². The van der Waals surface area contributed by atoms with Crippen LogP contribution in [0.15, 0.2) is 0 Å². The maximum Gasteiger partial charge on any atom is 0.221 e. The zero-order valence-electron chi connectivity index (χ0n) is 13.7. The number of rotatable bonds is 5. The van der Waals surface area contributed by atoms with E-state index in [4.69, 9.17) is 0 Å². The van der Waals surface area contributed by atoms with Crippen molar-refractivity contribution in [1.82, 2.24) is 10.6 Å². The standard InChI is InChI=1S/C17H28N2O3/c1-11(19-15(21)3-4-18-12(2)20)16-6-13-5-14(7-16)9-17(22,8-13)10-16/h11,13-14,22H,3-10H2,1-2H3,(H,18,20)(H,19,21).